The van der Waals surface area contributed by atoms with Gasteiger partial charge in [0.1, 0.15) is 16.4 Å². The molecule has 3 aromatic rings. The van der Waals surface area contributed by atoms with Crippen molar-refractivity contribution in [3.63, 3.8) is 0 Å². The van der Waals surface area contributed by atoms with E-state index in [0.29, 0.717) is 0 Å². The monoisotopic (exact) mass is 370 g/mol. The van der Waals surface area contributed by atoms with E-state index in [0.717, 1.165) is 64.7 Å². The highest BCUT2D eigenvalue weighted by Gasteiger charge is 2.13. The first-order valence-corrected chi connectivity index (χ1v) is 10.0. The maximum atomic E-state index is 4.77. The summed E-state index contributed by atoms with van der Waals surface area (Å²) in [7, 11) is 0. The Morgan fingerprint density at radius 2 is 2.08 bits per heavy atom. The number of aliphatic imine (C=N–C) groups is 1. The normalized spacial score (nSPS) is 14.0. The van der Waals surface area contributed by atoms with Gasteiger partial charge in [-0.15, -0.1) is 22.7 Å². The predicted octanol–water partition coefficient (Wildman–Crippen LogP) is 3.65. The zero-order chi connectivity index (χ0) is 17.1. The van der Waals surface area contributed by atoms with Crippen LogP contribution < -0.4 is 10.6 Å². The lowest BCUT2D eigenvalue weighted by molar-refractivity contribution is 0.740. The van der Waals surface area contributed by atoms with Crippen LogP contribution in [0.2, 0.25) is 0 Å². The lowest BCUT2D eigenvalue weighted by atomic mass is 10.1. The molecule has 1 aliphatic heterocycles. The van der Waals surface area contributed by atoms with E-state index in [9.17, 15) is 0 Å². The van der Waals surface area contributed by atoms with Crippen LogP contribution in [0, 0.1) is 0 Å². The van der Waals surface area contributed by atoms with Gasteiger partial charge in [-0.1, -0.05) is 6.92 Å². The van der Waals surface area contributed by atoms with Gasteiger partial charge in [-0.2, -0.15) is 0 Å². The van der Waals surface area contributed by atoms with Crippen molar-refractivity contribution in [1.82, 2.24) is 20.3 Å². The summed E-state index contributed by atoms with van der Waals surface area (Å²) >= 11 is 3.19. The second-order valence-corrected chi connectivity index (χ2v) is 7.28. The predicted molar refractivity (Wildman–Crippen MR) is 104 cm³/mol. The lowest BCUT2D eigenvalue weighted by Gasteiger charge is -2.13. The average molecular weight is 371 g/mol. The van der Waals surface area contributed by atoms with Crippen LogP contribution in [-0.4, -0.2) is 34.0 Å². The summed E-state index contributed by atoms with van der Waals surface area (Å²) in [5, 5.41) is 12.4. The number of rotatable bonds is 4. The summed E-state index contributed by atoms with van der Waals surface area (Å²) in [6.45, 7) is 3.92. The van der Waals surface area contributed by atoms with Crippen molar-refractivity contribution in [2.75, 3.05) is 18.4 Å². The molecule has 0 radical (unpaired) electrons. The summed E-state index contributed by atoms with van der Waals surface area (Å²) in [4.78, 5) is 18.3. The van der Waals surface area contributed by atoms with Crippen molar-refractivity contribution in [2.24, 2.45) is 4.99 Å². The minimum absolute atomic E-state index is 0.800. The summed E-state index contributed by atoms with van der Waals surface area (Å²) in [5.41, 5.74) is 3.96. The number of nitrogens with zero attached hydrogens (tertiary/aromatic N) is 4. The van der Waals surface area contributed by atoms with Crippen LogP contribution in [0.4, 0.5) is 5.13 Å². The highest BCUT2D eigenvalue weighted by molar-refractivity contribution is 7.14. The van der Waals surface area contributed by atoms with Crippen LogP contribution in [0.3, 0.4) is 0 Å². The molecule has 0 spiro atoms. The van der Waals surface area contributed by atoms with Crippen LogP contribution in [0.25, 0.3) is 22.0 Å². The van der Waals surface area contributed by atoms with Crippen molar-refractivity contribution >= 4 is 33.8 Å². The van der Waals surface area contributed by atoms with E-state index >= 15 is 0 Å². The quantitative estimate of drug-likeness (QED) is 0.733. The van der Waals surface area contributed by atoms with Crippen LogP contribution in [0.5, 0.6) is 0 Å². The molecule has 4 heterocycles. The van der Waals surface area contributed by atoms with E-state index < -0.39 is 0 Å². The maximum absolute atomic E-state index is 4.77. The average Bonchev–Trinajstić information content (AvgIpc) is 3.32. The Kier molecular flexibility index (Phi) is 4.71. The third kappa shape index (κ3) is 3.54. The van der Waals surface area contributed by atoms with Crippen LogP contribution in [-0.2, 0) is 6.42 Å². The number of hydrogen-bond acceptors (Lipinski definition) is 8. The molecule has 0 saturated heterocycles. The molecular weight excluding hydrogens is 352 g/mol. The Labute approximate surface area is 154 Å². The molecule has 3 aromatic heterocycles. The number of aromatic nitrogens is 3. The molecule has 0 aliphatic carbocycles. The Morgan fingerprint density at radius 3 is 2.92 bits per heavy atom. The third-order valence-corrected chi connectivity index (χ3v) is 5.48. The molecule has 2 N–H and O–H groups in total. The minimum Gasteiger partial charge on any atom is -0.356 e. The SMILES string of the molecule is CCc1ncccc1-c1nc(-c2csc(NC3=NCCCN3)n2)cs1. The summed E-state index contributed by atoms with van der Waals surface area (Å²) in [6, 6.07) is 4.04. The molecule has 128 valence electrons. The van der Waals surface area contributed by atoms with Crippen LogP contribution in [0.15, 0.2) is 34.1 Å². The Morgan fingerprint density at radius 1 is 1.20 bits per heavy atom. The Hall–Kier alpha value is -2.32. The molecule has 8 heteroatoms. The molecule has 25 heavy (non-hydrogen) atoms. The first-order chi connectivity index (χ1) is 12.3. The largest absolute Gasteiger partial charge is 0.356 e. The van der Waals surface area contributed by atoms with Crippen molar-refractivity contribution in [1.29, 1.82) is 0 Å². The van der Waals surface area contributed by atoms with Gasteiger partial charge in [0.15, 0.2) is 11.1 Å². The summed E-state index contributed by atoms with van der Waals surface area (Å²) in [6.07, 6.45) is 3.80. The van der Waals surface area contributed by atoms with E-state index in [1.165, 1.54) is 0 Å². The molecule has 1 aliphatic rings. The number of aryl methyl sites for hydroxylation is 1. The Bertz CT molecular complexity index is 898. The molecular formula is C17H18N6S2. The molecule has 0 atom stereocenters. The van der Waals surface area contributed by atoms with Crippen LogP contribution in [0.1, 0.15) is 19.0 Å². The van der Waals surface area contributed by atoms with Gasteiger partial charge in [-0.25, -0.2) is 9.97 Å². The first kappa shape index (κ1) is 16.2. The molecule has 0 bridgehead atoms. The summed E-state index contributed by atoms with van der Waals surface area (Å²) in [5.74, 6) is 0.800. The molecule has 0 aromatic carbocycles. The molecule has 0 amide bonds. The highest BCUT2D eigenvalue weighted by Crippen LogP contribution is 2.31. The van der Waals surface area contributed by atoms with Crippen molar-refractivity contribution < 1.29 is 0 Å². The maximum Gasteiger partial charge on any atom is 0.197 e. The van der Waals surface area contributed by atoms with Gasteiger partial charge in [0.25, 0.3) is 0 Å². The number of hydrogen-bond donors (Lipinski definition) is 2. The van der Waals surface area contributed by atoms with Crippen molar-refractivity contribution in [3.8, 4) is 22.0 Å². The van der Waals surface area contributed by atoms with Crippen molar-refractivity contribution in [3.05, 3.63) is 34.8 Å². The fourth-order valence-corrected chi connectivity index (χ4v) is 4.16. The van der Waals surface area contributed by atoms with Gasteiger partial charge in [-0.3, -0.25) is 9.98 Å². The standard InChI is InChI=1S/C17H18N6S2/c1-2-12-11(5-3-6-18-12)15-21-13(9-24-15)14-10-25-17(22-14)23-16-19-7-4-8-20-16/h3,5-6,9-10H,2,4,7-8H2,1H3,(H2,19,20,22,23). The number of guanidine groups is 1. The van der Waals surface area contributed by atoms with E-state index in [2.05, 4.69) is 44.0 Å². The van der Waals surface area contributed by atoms with E-state index in [-0.39, 0.29) is 0 Å². The zero-order valence-corrected chi connectivity index (χ0v) is 15.5. The van der Waals surface area contributed by atoms with Gasteiger partial charge in [0.05, 0.1) is 5.69 Å². The smallest absolute Gasteiger partial charge is 0.197 e. The lowest BCUT2D eigenvalue weighted by Crippen LogP contribution is -2.35. The third-order valence-electron chi connectivity index (χ3n) is 3.85. The molecule has 0 unspecified atom stereocenters. The van der Waals surface area contributed by atoms with Gasteiger partial charge < -0.3 is 10.6 Å². The topological polar surface area (TPSA) is 75.1 Å². The number of pyridine rings is 1. The van der Waals surface area contributed by atoms with E-state index in [4.69, 9.17) is 4.98 Å². The second kappa shape index (κ2) is 7.28. The summed E-state index contributed by atoms with van der Waals surface area (Å²) < 4.78 is 0. The van der Waals surface area contributed by atoms with Gasteiger partial charge >= 0.3 is 0 Å². The molecule has 4 rings (SSSR count). The fraction of sp³-hybridized carbons (Fsp3) is 0.294. The van der Waals surface area contributed by atoms with Gasteiger partial charge in [-0.05, 0) is 25.0 Å². The molecule has 6 nitrogen and oxygen atoms in total. The zero-order valence-electron chi connectivity index (χ0n) is 13.8. The van der Waals surface area contributed by atoms with Crippen molar-refractivity contribution in [2.45, 2.75) is 19.8 Å². The van der Waals surface area contributed by atoms with Gasteiger partial charge in [0.2, 0.25) is 0 Å². The minimum atomic E-state index is 0.800. The Balaban J connectivity index is 1.55. The van der Waals surface area contributed by atoms with E-state index in [1.54, 1.807) is 22.7 Å². The number of nitrogens with one attached hydrogen (secondary N) is 2. The second-order valence-electron chi connectivity index (χ2n) is 5.56. The van der Waals surface area contributed by atoms with Gasteiger partial charge in [0, 0.05) is 35.6 Å². The van der Waals surface area contributed by atoms with E-state index in [1.807, 2.05) is 17.6 Å². The highest BCUT2D eigenvalue weighted by atomic mass is 32.1. The molecule has 0 saturated carbocycles. The first-order valence-electron chi connectivity index (χ1n) is 8.24. The number of thiazole rings is 2. The number of anilines is 1. The van der Waals surface area contributed by atoms with Crippen LogP contribution >= 0.6 is 22.7 Å². The fourth-order valence-electron chi connectivity index (χ4n) is 2.60. The molecule has 0 fully saturated rings.